The zero-order chi connectivity index (χ0) is 27.8. The van der Waals surface area contributed by atoms with Gasteiger partial charge in [0.2, 0.25) is 0 Å². The molecule has 204 valence electrons. The number of aromatic amines is 1. The number of ether oxygens (including phenoxy) is 2. The number of nitrogens with one attached hydrogen (secondary N) is 1. The van der Waals surface area contributed by atoms with E-state index in [1.54, 1.807) is 41.7 Å². The van der Waals surface area contributed by atoms with Crippen molar-refractivity contribution in [3.63, 3.8) is 0 Å². The van der Waals surface area contributed by atoms with Gasteiger partial charge in [0, 0.05) is 30.1 Å². The summed E-state index contributed by atoms with van der Waals surface area (Å²) in [5.41, 5.74) is 1.96. The molecule has 0 aliphatic carbocycles. The smallest absolute Gasteiger partial charge is 0.416 e. The number of pyridine rings is 2. The third-order valence-electron chi connectivity index (χ3n) is 6.52. The van der Waals surface area contributed by atoms with Crippen molar-refractivity contribution in [2.45, 2.75) is 51.4 Å². The minimum Gasteiger partial charge on any atom is -0.489 e. The summed E-state index contributed by atoms with van der Waals surface area (Å²) < 4.78 is 52.4. The van der Waals surface area contributed by atoms with Crippen LogP contribution in [0.4, 0.5) is 18.0 Å². The Morgan fingerprint density at radius 2 is 1.95 bits per heavy atom. The van der Waals surface area contributed by atoms with E-state index in [0.29, 0.717) is 45.7 Å². The molecule has 1 N–H and O–H groups in total. The number of benzene rings is 1. The third kappa shape index (κ3) is 5.69. The quantitative estimate of drug-likeness (QED) is 0.293. The van der Waals surface area contributed by atoms with E-state index in [9.17, 15) is 18.0 Å². The number of alkyl halides is 3. The van der Waals surface area contributed by atoms with E-state index < -0.39 is 17.3 Å². The van der Waals surface area contributed by atoms with Crippen molar-refractivity contribution in [2.75, 3.05) is 13.2 Å². The van der Waals surface area contributed by atoms with Crippen LogP contribution < -0.4 is 4.74 Å². The number of amides is 1. The Morgan fingerprint density at radius 3 is 2.72 bits per heavy atom. The molecule has 39 heavy (non-hydrogen) atoms. The Labute approximate surface area is 224 Å². The maximum Gasteiger partial charge on any atom is 0.416 e. The molecule has 0 bridgehead atoms. The summed E-state index contributed by atoms with van der Waals surface area (Å²) in [7, 11) is 0. The lowest BCUT2D eigenvalue weighted by Crippen LogP contribution is -2.42. The lowest BCUT2D eigenvalue weighted by atomic mass is 9.98. The highest BCUT2D eigenvalue weighted by Crippen LogP contribution is 2.42. The first-order valence-corrected chi connectivity index (χ1v) is 12.7. The average Bonchev–Trinajstić information content (AvgIpc) is 3.51. The Hall–Kier alpha value is -4.08. The topological polar surface area (TPSA) is 80.3 Å². The second-order valence-electron chi connectivity index (χ2n) is 10.5. The average molecular weight is 539 g/mol. The number of nitrogens with zero attached hydrogens (tertiary/aromatic N) is 3. The molecule has 4 aromatic rings. The first-order chi connectivity index (χ1) is 18.5. The minimum absolute atomic E-state index is 0.180. The van der Waals surface area contributed by atoms with Crippen LogP contribution in [0.2, 0.25) is 0 Å². The number of carbonyl (C=O) groups excluding carboxylic acids is 1. The van der Waals surface area contributed by atoms with Gasteiger partial charge in [0.25, 0.3) is 0 Å². The zero-order valence-corrected chi connectivity index (χ0v) is 21.9. The normalized spacial score (nSPS) is 16.1. The van der Waals surface area contributed by atoms with Gasteiger partial charge in [-0.25, -0.2) is 4.79 Å². The van der Waals surface area contributed by atoms with Crippen LogP contribution in [-0.2, 0) is 10.9 Å². The molecule has 4 heterocycles. The van der Waals surface area contributed by atoms with E-state index in [4.69, 9.17) is 9.47 Å². The lowest BCUT2D eigenvalue weighted by molar-refractivity contribution is -0.137. The minimum atomic E-state index is -4.48. The summed E-state index contributed by atoms with van der Waals surface area (Å²) in [4.78, 5) is 26.4. The molecule has 1 fully saturated rings. The molecular formula is C29H29F3N4O3. The maximum absolute atomic E-state index is 13.6. The zero-order valence-electron chi connectivity index (χ0n) is 21.9. The summed E-state index contributed by atoms with van der Waals surface area (Å²) in [6.45, 7) is 6.27. The molecule has 5 rings (SSSR count). The maximum atomic E-state index is 13.6. The summed E-state index contributed by atoms with van der Waals surface area (Å²) in [5.74, 6) is 0.438. The third-order valence-corrected chi connectivity index (χ3v) is 6.52. The van der Waals surface area contributed by atoms with Crippen LogP contribution in [0.15, 0.2) is 61.1 Å². The Bertz CT molecular complexity index is 1490. The van der Waals surface area contributed by atoms with Gasteiger partial charge in [-0.05, 0) is 69.5 Å². The Balaban J connectivity index is 1.50. The number of hydrogen-bond donors (Lipinski definition) is 1. The number of H-pyrrole nitrogens is 1. The number of fused-ring (bicyclic) bond motifs is 1. The lowest BCUT2D eigenvalue weighted by Gasteiger charge is -2.28. The molecular weight excluding hydrogens is 509 g/mol. The fourth-order valence-corrected chi connectivity index (χ4v) is 4.81. The first kappa shape index (κ1) is 26.5. The van der Waals surface area contributed by atoms with Gasteiger partial charge < -0.3 is 19.4 Å². The van der Waals surface area contributed by atoms with Gasteiger partial charge in [-0.2, -0.15) is 13.2 Å². The van der Waals surface area contributed by atoms with Gasteiger partial charge in [-0.1, -0.05) is 12.1 Å². The fraction of sp³-hybridized carbons (Fsp3) is 0.345. The van der Waals surface area contributed by atoms with E-state index in [2.05, 4.69) is 15.0 Å². The van der Waals surface area contributed by atoms with Gasteiger partial charge in [0.1, 0.15) is 18.0 Å². The molecule has 1 atom stereocenters. The molecule has 1 amide bonds. The first-order valence-electron chi connectivity index (χ1n) is 12.7. The van der Waals surface area contributed by atoms with Gasteiger partial charge >= 0.3 is 12.3 Å². The number of rotatable bonds is 5. The van der Waals surface area contributed by atoms with Crippen LogP contribution in [0.3, 0.4) is 0 Å². The van der Waals surface area contributed by atoms with Crippen molar-refractivity contribution in [3.05, 3.63) is 66.6 Å². The molecule has 7 nitrogen and oxygen atoms in total. The van der Waals surface area contributed by atoms with Crippen molar-refractivity contribution in [1.82, 2.24) is 19.9 Å². The number of aromatic nitrogens is 3. The summed E-state index contributed by atoms with van der Waals surface area (Å²) in [6.07, 6.45) is 1.50. The van der Waals surface area contributed by atoms with Gasteiger partial charge in [0.15, 0.2) is 0 Å². The van der Waals surface area contributed by atoms with Crippen LogP contribution >= 0.6 is 0 Å². The summed E-state index contributed by atoms with van der Waals surface area (Å²) in [5, 5.41) is 0. The van der Waals surface area contributed by atoms with Crippen molar-refractivity contribution in [3.8, 4) is 28.1 Å². The molecule has 0 spiro atoms. The predicted molar refractivity (Wildman–Crippen MR) is 141 cm³/mol. The molecule has 1 aliphatic rings. The molecule has 0 radical (unpaired) electrons. The number of halogens is 3. The Kier molecular flexibility index (Phi) is 6.96. The largest absolute Gasteiger partial charge is 0.489 e. The molecule has 1 saturated heterocycles. The molecule has 0 saturated carbocycles. The monoisotopic (exact) mass is 538 g/mol. The molecule has 1 aromatic carbocycles. The highest BCUT2D eigenvalue weighted by atomic mass is 19.4. The fourth-order valence-electron chi connectivity index (χ4n) is 4.81. The van der Waals surface area contributed by atoms with E-state index in [-0.39, 0.29) is 18.7 Å². The SMILES string of the molecule is CC(C)(C)OC(=O)N1CCC[C@H]1COc1cnccc1-c1[nH]c2cccnc2c1-c1cccc(C(F)(F)F)c1. The highest BCUT2D eigenvalue weighted by Gasteiger charge is 2.33. The van der Waals surface area contributed by atoms with E-state index >= 15 is 0 Å². The highest BCUT2D eigenvalue weighted by molar-refractivity contribution is 6.02. The number of likely N-dealkylation sites (tertiary alicyclic amines) is 1. The molecule has 3 aromatic heterocycles. The van der Waals surface area contributed by atoms with Crippen molar-refractivity contribution < 1.29 is 27.4 Å². The van der Waals surface area contributed by atoms with E-state index in [1.807, 2.05) is 26.8 Å². The van der Waals surface area contributed by atoms with Crippen molar-refractivity contribution in [2.24, 2.45) is 0 Å². The van der Waals surface area contributed by atoms with Gasteiger partial charge in [-0.15, -0.1) is 0 Å². The van der Waals surface area contributed by atoms with Crippen LogP contribution in [0.1, 0.15) is 39.2 Å². The van der Waals surface area contributed by atoms with E-state index in [0.717, 1.165) is 25.0 Å². The summed E-state index contributed by atoms with van der Waals surface area (Å²) >= 11 is 0. The molecule has 10 heteroatoms. The second kappa shape index (κ2) is 10.2. The van der Waals surface area contributed by atoms with Crippen molar-refractivity contribution >= 4 is 17.1 Å². The van der Waals surface area contributed by atoms with Crippen LogP contribution in [0.5, 0.6) is 5.75 Å². The van der Waals surface area contributed by atoms with Crippen LogP contribution in [0, 0.1) is 0 Å². The number of carbonyl (C=O) groups is 1. The standard InChI is InChI=1S/C29H29F3N4O3/c1-28(2,3)39-27(37)36-14-6-9-20(36)17-38-23-16-33-13-11-21(23)25-24(26-22(35-25)10-5-12-34-26)18-7-4-8-19(15-18)29(30,31)32/h4-5,7-8,10-13,15-16,20,35H,6,9,14,17H2,1-3H3/t20-/m0/s1. The Morgan fingerprint density at radius 1 is 1.13 bits per heavy atom. The summed E-state index contributed by atoms with van der Waals surface area (Å²) in [6, 6.07) is 10.3. The van der Waals surface area contributed by atoms with Crippen LogP contribution in [-0.4, -0.2) is 50.7 Å². The van der Waals surface area contributed by atoms with Gasteiger partial charge in [-0.3, -0.25) is 9.97 Å². The van der Waals surface area contributed by atoms with Gasteiger partial charge in [0.05, 0.1) is 34.5 Å². The number of hydrogen-bond acceptors (Lipinski definition) is 5. The molecule has 1 aliphatic heterocycles. The van der Waals surface area contributed by atoms with E-state index in [1.165, 1.54) is 6.07 Å². The predicted octanol–water partition coefficient (Wildman–Crippen LogP) is 7.09. The van der Waals surface area contributed by atoms with Crippen LogP contribution in [0.25, 0.3) is 33.4 Å². The molecule has 0 unspecified atom stereocenters. The van der Waals surface area contributed by atoms with Crippen molar-refractivity contribution in [1.29, 1.82) is 0 Å². The second-order valence-corrected chi connectivity index (χ2v) is 10.5.